The molecular weight excluding hydrogens is 184 g/mol. The fraction of sp³-hybridized carbons (Fsp3) is 0.462. The van der Waals surface area contributed by atoms with Gasteiger partial charge < -0.3 is 5.73 Å². The highest BCUT2D eigenvalue weighted by atomic mass is 14.7. The Balaban J connectivity index is 3.12. The fourth-order valence-electron chi connectivity index (χ4n) is 1.97. The lowest BCUT2D eigenvalue weighted by atomic mass is 9.89. The van der Waals surface area contributed by atoms with Crippen LogP contribution < -0.4 is 5.73 Å². The first kappa shape index (κ1) is 11.8. The van der Waals surface area contributed by atoms with Crippen molar-refractivity contribution in [2.75, 3.05) is 6.54 Å². The molecule has 2 nitrogen and oxygen atoms in total. The van der Waals surface area contributed by atoms with Crippen LogP contribution in [-0.4, -0.2) is 12.3 Å². The fourth-order valence-corrected chi connectivity index (χ4v) is 1.97. The molecule has 0 aromatic heterocycles. The molecule has 1 aliphatic carbocycles. The van der Waals surface area contributed by atoms with E-state index < -0.39 is 0 Å². The van der Waals surface area contributed by atoms with Gasteiger partial charge in [0.2, 0.25) is 0 Å². The van der Waals surface area contributed by atoms with Crippen molar-refractivity contribution in [3.8, 4) is 0 Å². The van der Waals surface area contributed by atoms with Gasteiger partial charge in [0.15, 0.2) is 0 Å². The number of hydrogen-bond acceptors (Lipinski definition) is 2. The second-order valence-electron chi connectivity index (χ2n) is 3.80. The van der Waals surface area contributed by atoms with Crippen LogP contribution in [0.4, 0.5) is 0 Å². The Morgan fingerprint density at radius 3 is 2.80 bits per heavy atom. The zero-order valence-corrected chi connectivity index (χ0v) is 9.88. The predicted molar refractivity (Wildman–Crippen MR) is 67.0 cm³/mol. The summed E-state index contributed by atoms with van der Waals surface area (Å²) in [6.45, 7) is 7.17. The molecule has 0 aromatic carbocycles. The zero-order valence-electron chi connectivity index (χ0n) is 9.88. The number of aliphatic imine (C=N–C) groups is 1. The third-order valence-electron chi connectivity index (χ3n) is 2.63. The molecule has 2 N–H and O–H groups in total. The van der Waals surface area contributed by atoms with Crippen LogP contribution in [0.15, 0.2) is 40.1 Å². The summed E-state index contributed by atoms with van der Waals surface area (Å²) in [7, 11) is 0. The summed E-state index contributed by atoms with van der Waals surface area (Å²) in [5.41, 5.74) is 10.5. The van der Waals surface area contributed by atoms with Crippen molar-refractivity contribution in [3.05, 3.63) is 35.1 Å². The maximum Gasteiger partial charge on any atom is 0.0662 e. The van der Waals surface area contributed by atoms with Crippen molar-refractivity contribution < 1.29 is 0 Å². The molecule has 0 bridgehead atoms. The quantitative estimate of drug-likeness (QED) is 0.705. The molecule has 2 heteroatoms. The summed E-state index contributed by atoms with van der Waals surface area (Å²) in [5, 5.41) is 0. The summed E-state index contributed by atoms with van der Waals surface area (Å²) in [4.78, 5) is 4.49. The average Bonchev–Trinajstić information content (AvgIpc) is 2.18. The van der Waals surface area contributed by atoms with Crippen molar-refractivity contribution in [1.82, 2.24) is 0 Å². The molecular formula is C13H20N2. The zero-order chi connectivity index (χ0) is 11.3. The highest BCUT2D eigenvalue weighted by Gasteiger charge is 2.13. The van der Waals surface area contributed by atoms with E-state index in [0.29, 0.717) is 0 Å². The van der Waals surface area contributed by atoms with Gasteiger partial charge in [0.25, 0.3) is 0 Å². The number of hydrogen-bond donors (Lipinski definition) is 1. The lowest BCUT2D eigenvalue weighted by Gasteiger charge is -2.17. The summed E-state index contributed by atoms with van der Waals surface area (Å²) < 4.78 is 0. The van der Waals surface area contributed by atoms with Gasteiger partial charge in [0.1, 0.15) is 0 Å². The molecule has 0 spiro atoms. The van der Waals surface area contributed by atoms with E-state index in [1.54, 1.807) is 6.20 Å². The number of nitrogens with zero attached hydrogens (tertiary/aromatic N) is 1. The van der Waals surface area contributed by atoms with E-state index in [4.69, 9.17) is 5.73 Å². The third kappa shape index (κ3) is 2.82. The maximum absolute atomic E-state index is 5.45. The highest BCUT2D eigenvalue weighted by molar-refractivity contribution is 6.11. The SMILES string of the molecule is CCN=C(/C=C\N)C1=C(C)CCC=C1C. The molecule has 0 fully saturated rings. The maximum atomic E-state index is 5.45. The van der Waals surface area contributed by atoms with E-state index in [0.717, 1.165) is 25.1 Å². The molecule has 82 valence electrons. The third-order valence-corrected chi connectivity index (χ3v) is 2.63. The lowest BCUT2D eigenvalue weighted by molar-refractivity contribution is 0.933. The van der Waals surface area contributed by atoms with Crippen LogP contribution in [0, 0.1) is 0 Å². The predicted octanol–water partition coefficient (Wildman–Crippen LogP) is 2.98. The number of allylic oxidation sites excluding steroid dienone is 5. The standard InChI is InChI=1S/C13H20N2/c1-4-15-12(8-9-14)13-10(2)6-5-7-11(13)3/h6,8-9H,4-5,7,14H2,1-3H3/b9-8-,15-12?. The van der Waals surface area contributed by atoms with Crippen molar-refractivity contribution in [2.45, 2.75) is 33.6 Å². The van der Waals surface area contributed by atoms with Crippen molar-refractivity contribution in [2.24, 2.45) is 10.7 Å². The van der Waals surface area contributed by atoms with Gasteiger partial charge in [-0.15, -0.1) is 0 Å². The monoisotopic (exact) mass is 204 g/mol. The van der Waals surface area contributed by atoms with Gasteiger partial charge in [0, 0.05) is 12.1 Å². The Bertz CT molecular complexity index is 344. The van der Waals surface area contributed by atoms with Crippen LogP contribution in [0.2, 0.25) is 0 Å². The first-order valence-corrected chi connectivity index (χ1v) is 5.50. The van der Waals surface area contributed by atoms with Gasteiger partial charge in [-0.05, 0) is 51.5 Å². The van der Waals surface area contributed by atoms with Gasteiger partial charge >= 0.3 is 0 Å². The minimum Gasteiger partial charge on any atom is -0.405 e. The van der Waals surface area contributed by atoms with E-state index in [1.165, 1.54) is 16.7 Å². The van der Waals surface area contributed by atoms with E-state index in [2.05, 4.69) is 24.9 Å². The summed E-state index contributed by atoms with van der Waals surface area (Å²) in [6.07, 6.45) is 8.01. The Kier molecular flexibility index (Phi) is 4.35. The Hall–Kier alpha value is -1.31. The minimum atomic E-state index is 0.795. The van der Waals surface area contributed by atoms with Gasteiger partial charge in [-0.25, -0.2) is 0 Å². The van der Waals surface area contributed by atoms with Crippen LogP contribution in [-0.2, 0) is 0 Å². The van der Waals surface area contributed by atoms with Crippen LogP contribution in [0.1, 0.15) is 33.6 Å². The molecule has 0 radical (unpaired) electrons. The molecule has 0 heterocycles. The Morgan fingerprint density at radius 2 is 2.27 bits per heavy atom. The molecule has 1 aliphatic rings. The highest BCUT2D eigenvalue weighted by Crippen LogP contribution is 2.26. The summed E-state index contributed by atoms with van der Waals surface area (Å²) in [6, 6.07) is 0. The smallest absolute Gasteiger partial charge is 0.0662 e. The summed E-state index contributed by atoms with van der Waals surface area (Å²) in [5.74, 6) is 0. The van der Waals surface area contributed by atoms with Crippen molar-refractivity contribution in [3.63, 3.8) is 0 Å². The number of nitrogens with two attached hydrogens (primary N) is 1. The van der Waals surface area contributed by atoms with E-state index in [1.807, 2.05) is 13.0 Å². The van der Waals surface area contributed by atoms with Gasteiger partial charge in [-0.1, -0.05) is 11.6 Å². The molecule has 0 amide bonds. The van der Waals surface area contributed by atoms with Gasteiger partial charge in [-0.2, -0.15) is 0 Å². The van der Waals surface area contributed by atoms with Gasteiger partial charge in [0.05, 0.1) is 5.71 Å². The molecule has 0 unspecified atom stereocenters. The number of rotatable bonds is 3. The Morgan fingerprint density at radius 1 is 1.53 bits per heavy atom. The van der Waals surface area contributed by atoms with Crippen LogP contribution >= 0.6 is 0 Å². The largest absolute Gasteiger partial charge is 0.405 e. The first-order valence-electron chi connectivity index (χ1n) is 5.50. The van der Waals surface area contributed by atoms with E-state index in [9.17, 15) is 0 Å². The topological polar surface area (TPSA) is 38.4 Å². The van der Waals surface area contributed by atoms with Crippen LogP contribution in [0.5, 0.6) is 0 Å². The van der Waals surface area contributed by atoms with Crippen LogP contribution in [0.3, 0.4) is 0 Å². The second-order valence-corrected chi connectivity index (χ2v) is 3.80. The average molecular weight is 204 g/mol. The molecule has 0 aliphatic heterocycles. The van der Waals surface area contributed by atoms with Crippen LogP contribution in [0.25, 0.3) is 0 Å². The molecule has 1 rings (SSSR count). The second kappa shape index (κ2) is 5.54. The van der Waals surface area contributed by atoms with E-state index >= 15 is 0 Å². The van der Waals surface area contributed by atoms with Crippen molar-refractivity contribution >= 4 is 5.71 Å². The van der Waals surface area contributed by atoms with Gasteiger partial charge in [-0.3, -0.25) is 4.99 Å². The molecule has 0 saturated heterocycles. The van der Waals surface area contributed by atoms with Crippen molar-refractivity contribution in [1.29, 1.82) is 0 Å². The molecule has 0 aromatic rings. The normalized spacial score (nSPS) is 18.6. The summed E-state index contributed by atoms with van der Waals surface area (Å²) >= 11 is 0. The molecule has 15 heavy (non-hydrogen) atoms. The first-order chi connectivity index (χ1) is 7.20. The Labute approximate surface area is 92.3 Å². The lowest BCUT2D eigenvalue weighted by Crippen LogP contribution is -2.08. The van der Waals surface area contributed by atoms with E-state index in [-0.39, 0.29) is 0 Å². The molecule has 0 saturated carbocycles. The minimum absolute atomic E-state index is 0.795. The molecule has 0 atom stereocenters.